The number of anilines is 1. The Morgan fingerprint density at radius 3 is 2.48 bits per heavy atom. The van der Waals surface area contributed by atoms with E-state index < -0.39 is 21.9 Å². The van der Waals surface area contributed by atoms with E-state index in [-0.39, 0.29) is 30.0 Å². The maximum absolute atomic E-state index is 13.2. The fraction of sp³-hybridized carbons (Fsp3) is 0.600. The topological polar surface area (TPSA) is 78.0 Å². The van der Waals surface area contributed by atoms with Crippen molar-refractivity contribution in [3.05, 3.63) is 28.8 Å². The summed E-state index contributed by atoms with van der Waals surface area (Å²) in [5.41, 5.74) is 1.45. The number of amides is 3. The highest BCUT2D eigenvalue weighted by molar-refractivity contribution is 7.91. The normalized spacial score (nSPS) is 26.9. The van der Waals surface area contributed by atoms with Crippen LogP contribution in [0.25, 0.3) is 0 Å². The van der Waals surface area contributed by atoms with Crippen molar-refractivity contribution in [3.8, 4) is 0 Å². The molecule has 9 heteroatoms. The first-order chi connectivity index (χ1) is 13.7. The van der Waals surface area contributed by atoms with Crippen LogP contribution in [0.15, 0.2) is 18.2 Å². The van der Waals surface area contributed by atoms with E-state index in [0.29, 0.717) is 29.7 Å². The highest BCUT2D eigenvalue weighted by Gasteiger charge is 2.54. The van der Waals surface area contributed by atoms with Crippen LogP contribution >= 0.6 is 11.6 Å². The monoisotopic (exact) mass is 439 g/mol. The number of carbonyl (C=O) groups excluding carboxylic acids is 2. The zero-order chi connectivity index (χ0) is 20.9. The van der Waals surface area contributed by atoms with Crippen molar-refractivity contribution < 1.29 is 18.0 Å². The molecule has 0 N–H and O–H groups in total. The van der Waals surface area contributed by atoms with Crippen LogP contribution < -0.4 is 4.90 Å². The second-order valence-electron chi connectivity index (χ2n) is 8.49. The van der Waals surface area contributed by atoms with E-state index in [2.05, 4.69) is 6.92 Å². The third-order valence-electron chi connectivity index (χ3n) is 6.35. The molecule has 3 aliphatic heterocycles. The number of sulfone groups is 1. The molecule has 4 rings (SSSR count). The van der Waals surface area contributed by atoms with Gasteiger partial charge in [-0.1, -0.05) is 24.6 Å². The molecule has 0 aromatic heterocycles. The van der Waals surface area contributed by atoms with Gasteiger partial charge in [0.1, 0.15) is 6.54 Å². The SMILES string of the molecule is Cc1ccc(N2C(=O)N(CC(=O)N3CCC(C)CC3)[C@@H]3CS(=O)(=O)C[C@H]32)cc1Cl. The smallest absolute Gasteiger partial charge is 0.325 e. The van der Waals surface area contributed by atoms with Crippen LogP contribution in [0, 0.1) is 12.8 Å². The average Bonchev–Trinajstić information content (AvgIpc) is 3.09. The Kier molecular flexibility index (Phi) is 5.27. The summed E-state index contributed by atoms with van der Waals surface area (Å²) in [7, 11) is -3.28. The first-order valence-electron chi connectivity index (χ1n) is 10.0. The van der Waals surface area contributed by atoms with Gasteiger partial charge in [-0.3, -0.25) is 9.69 Å². The highest BCUT2D eigenvalue weighted by atomic mass is 35.5. The van der Waals surface area contributed by atoms with Gasteiger partial charge in [0.05, 0.1) is 23.6 Å². The maximum Gasteiger partial charge on any atom is 0.325 e. The summed E-state index contributed by atoms with van der Waals surface area (Å²) >= 11 is 6.24. The van der Waals surface area contributed by atoms with Crippen molar-refractivity contribution in [1.82, 2.24) is 9.80 Å². The lowest BCUT2D eigenvalue weighted by Crippen LogP contribution is -2.47. The van der Waals surface area contributed by atoms with Crippen LogP contribution in [0.4, 0.5) is 10.5 Å². The predicted octanol–water partition coefficient (Wildman–Crippen LogP) is 2.31. The Morgan fingerprint density at radius 1 is 1.17 bits per heavy atom. The van der Waals surface area contributed by atoms with Crippen LogP contribution in [-0.4, -0.2) is 73.4 Å². The summed E-state index contributed by atoms with van der Waals surface area (Å²) in [5.74, 6) is 0.278. The van der Waals surface area contributed by atoms with Gasteiger partial charge in [-0.15, -0.1) is 0 Å². The molecule has 0 radical (unpaired) electrons. The van der Waals surface area contributed by atoms with Crippen LogP contribution in [0.2, 0.25) is 5.02 Å². The van der Waals surface area contributed by atoms with Gasteiger partial charge in [0.15, 0.2) is 9.84 Å². The third-order valence-corrected chi connectivity index (χ3v) is 8.46. The Bertz CT molecular complexity index is 943. The molecule has 3 amide bonds. The highest BCUT2D eigenvalue weighted by Crippen LogP contribution is 2.36. The van der Waals surface area contributed by atoms with E-state index in [1.807, 2.05) is 13.0 Å². The van der Waals surface area contributed by atoms with E-state index >= 15 is 0 Å². The van der Waals surface area contributed by atoms with Crippen LogP contribution in [0.5, 0.6) is 0 Å². The summed E-state index contributed by atoms with van der Waals surface area (Å²) < 4.78 is 24.7. The number of benzene rings is 1. The van der Waals surface area contributed by atoms with Crippen molar-refractivity contribution >= 4 is 39.1 Å². The Balaban J connectivity index is 1.60. The fourth-order valence-corrected chi connectivity index (χ4v) is 6.62. The first-order valence-corrected chi connectivity index (χ1v) is 12.2. The van der Waals surface area contributed by atoms with Crippen molar-refractivity contribution in [3.63, 3.8) is 0 Å². The van der Waals surface area contributed by atoms with Gasteiger partial charge in [-0.2, -0.15) is 0 Å². The number of piperidine rings is 1. The molecular weight excluding hydrogens is 414 g/mol. The van der Waals surface area contributed by atoms with Gasteiger partial charge < -0.3 is 9.80 Å². The van der Waals surface area contributed by atoms with Gasteiger partial charge in [-0.05, 0) is 43.4 Å². The summed E-state index contributed by atoms with van der Waals surface area (Å²) in [4.78, 5) is 30.8. The Morgan fingerprint density at radius 2 is 1.83 bits per heavy atom. The quantitative estimate of drug-likeness (QED) is 0.677. The largest absolute Gasteiger partial charge is 0.341 e. The number of aryl methyl sites for hydroxylation is 1. The van der Waals surface area contributed by atoms with Gasteiger partial charge in [0.2, 0.25) is 5.91 Å². The molecule has 158 valence electrons. The molecule has 0 bridgehead atoms. The first kappa shape index (κ1) is 20.5. The summed E-state index contributed by atoms with van der Waals surface area (Å²) in [5, 5.41) is 0.518. The zero-order valence-corrected chi connectivity index (χ0v) is 18.2. The minimum atomic E-state index is -3.28. The number of fused-ring (bicyclic) bond motifs is 1. The molecular formula is C20H26ClN3O4S. The number of hydrogen-bond acceptors (Lipinski definition) is 4. The number of urea groups is 1. The third kappa shape index (κ3) is 3.84. The number of rotatable bonds is 3. The molecule has 3 fully saturated rings. The number of hydrogen-bond donors (Lipinski definition) is 0. The van der Waals surface area contributed by atoms with Gasteiger partial charge >= 0.3 is 6.03 Å². The number of likely N-dealkylation sites (tertiary alicyclic amines) is 1. The van der Waals surface area contributed by atoms with Crippen molar-refractivity contribution in [2.75, 3.05) is 36.0 Å². The molecule has 0 unspecified atom stereocenters. The standard InChI is InChI=1S/C20H26ClN3O4S/c1-13-5-7-22(8-6-13)19(25)10-23-17-11-29(27,28)12-18(17)24(20(23)26)15-4-3-14(2)16(21)9-15/h3-4,9,13,17-18H,5-8,10-12H2,1-2H3/t17-,18-/m1/s1. The summed E-state index contributed by atoms with van der Waals surface area (Å²) in [6.07, 6.45) is 1.90. The number of carbonyl (C=O) groups is 2. The minimum absolute atomic E-state index is 0.0833. The summed E-state index contributed by atoms with van der Waals surface area (Å²) in [6, 6.07) is 3.94. The second kappa shape index (κ2) is 7.47. The molecule has 7 nitrogen and oxygen atoms in total. The Labute approximate surface area is 176 Å². The number of nitrogens with zero attached hydrogens (tertiary/aromatic N) is 3. The molecule has 29 heavy (non-hydrogen) atoms. The van der Waals surface area contributed by atoms with Crippen molar-refractivity contribution in [2.45, 2.75) is 38.8 Å². The molecule has 2 atom stereocenters. The zero-order valence-electron chi connectivity index (χ0n) is 16.7. The summed E-state index contributed by atoms with van der Waals surface area (Å²) in [6.45, 7) is 5.33. The van der Waals surface area contributed by atoms with Crippen LogP contribution in [0.1, 0.15) is 25.3 Å². The van der Waals surface area contributed by atoms with E-state index in [0.717, 1.165) is 18.4 Å². The second-order valence-corrected chi connectivity index (χ2v) is 11.0. The maximum atomic E-state index is 13.2. The van der Waals surface area contributed by atoms with Gasteiger partial charge in [0, 0.05) is 23.8 Å². The lowest BCUT2D eigenvalue weighted by atomic mass is 9.99. The molecule has 3 saturated heterocycles. The van der Waals surface area contributed by atoms with E-state index in [4.69, 9.17) is 11.6 Å². The number of halogens is 1. The van der Waals surface area contributed by atoms with E-state index in [1.54, 1.807) is 17.0 Å². The molecule has 3 aliphatic rings. The molecule has 0 spiro atoms. The predicted molar refractivity (Wildman–Crippen MR) is 112 cm³/mol. The molecule has 1 aromatic carbocycles. The Hall–Kier alpha value is -1.80. The van der Waals surface area contributed by atoms with Crippen LogP contribution in [-0.2, 0) is 14.6 Å². The van der Waals surface area contributed by atoms with E-state index in [1.165, 1.54) is 9.80 Å². The minimum Gasteiger partial charge on any atom is -0.341 e. The van der Waals surface area contributed by atoms with Gasteiger partial charge in [-0.25, -0.2) is 13.2 Å². The molecule has 0 saturated carbocycles. The van der Waals surface area contributed by atoms with E-state index in [9.17, 15) is 18.0 Å². The fourth-order valence-electron chi connectivity index (χ4n) is 4.50. The van der Waals surface area contributed by atoms with Crippen molar-refractivity contribution in [1.29, 1.82) is 0 Å². The lowest BCUT2D eigenvalue weighted by molar-refractivity contribution is -0.133. The van der Waals surface area contributed by atoms with Crippen LogP contribution in [0.3, 0.4) is 0 Å². The lowest BCUT2D eigenvalue weighted by Gasteiger charge is -2.32. The average molecular weight is 440 g/mol. The molecule has 1 aromatic rings. The van der Waals surface area contributed by atoms with Crippen molar-refractivity contribution in [2.24, 2.45) is 5.92 Å². The molecule has 3 heterocycles. The van der Waals surface area contributed by atoms with Gasteiger partial charge in [0.25, 0.3) is 0 Å². The molecule has 0 aliphatic carbocycles.